The SMILES string of the molecule is O=C(O)CNC(CCCN(CC(=O)O)CC(=O)O)CC(=O)O. The molecule has 0 aromatic carbocycles. The van der Waals surface area contributed by atoms with Gasteiger partial charge in [-0.2, -0.15) is 0 Å². The van der Waals surface area contributed by atoms with Crippen molar-refractivity contribution in [1.29, 1.82) is 0 Å². The van der Waals surface area contributed by atoms with Gasteiger partial charge in [-0.3, -0.25) is 24.1 Å². The van der Waals surface area contributed by atoms with Crippen molar-refractivity contribution in [3.05, 3.63) is 0 Å². The third-order valence-corrected chi connectivity index (χ3v) is 2.71. The Kier molecular flexibility index (Phi) is 9.46. The van der Waals surface area contributed by atoms with Crippen LogP contribution in [0.5, 0.6) is 0 Å². The molecule has 1 unspecified atom stereocenters. The number of carbonyl (C=O) groups is 4. The fourth-order valence-corrected chi connectivity index (χ4v) is 1.88. The highest BCUT2D eigenvalue weighted by molar-refractivity contribution is 5.72. The molecule has 0 aliphatic rings. The van der Waals surface area contributed by atoms with Crippen molar-refractivity contribution in [2.75, 3.05) is 26.2 Å². The van der Waals surface area contributed by atoms with E-state index in [-0.39, 0.29) is 25.9 Å². The highest BCUT2D eigenvalue weighted by Crippen LogP contribution is 2.04. The summed E-state index contributed by atoms with van der Waals surface area (Å²) in [7, 11) is 0. The maximum atomic E-state index is 10.7. The Morgan fingerprint density at radius 3 is 1.82 bits per heavy atom. The first-order valence-electron chi connectivity index (χ1n) is 6.53. The second kappa shape index (κ2) is 10.5. The zero-order chi connectivity index (χ0) is 17.1. The molecule has 0 aromatic rings. The molecule has 0 heterocycles. The zero-order valence-electron chi connectivity index (χ0n) is 11.9. The normalized spacial score (nSPS) is 12.0. The first-order chi connectivity index (χ1) is 10.2. The summed E-state index contributed by atoms with van der Waals surface area (Å²) in [6.07, 6.45) is 0.353. The van der Waals surface area contributed by atoms with Crippen molar-refractivity contribution in [2.24, 2.45) is 0 Å². The van der Waals surface area contributed by atoms with Crippen LogP contribution in [0.1, 0.15) is 19.3 Å². The molecular formula is C12H20N2O8. The number of nitrogens with zero attached hydrogens (tertiary/aromatic N) is 1. The van der Waals surface area contributed by atoms with Crippen LogP contribution >= 0.6 is 0 Å². The minimum atomic E-state index is -1.16. The summed E-state index contributed by atoms with van der Waals surface area (Å²) in [6, 6.07) is -0.579. The molecule has 0 aromatic heterocycles. The molecule has 1 atom stereocenters. The van der Waals surface area contributed by atoms with Gasteiger partial charge in [0.1, 0.15) is 0 Å². The van der Waals surface area contributed by atoms with Gasteiger partial charge in [0.15, 0.2) is 0 Å². The van der Waals surface area contributed by atoms with Crippen LogP contribution in [-0.2, 0) is 19.2 Å². The van der Waals surface area contributed by atoms with E-state index in [0.29, 0.717) is 6.42 Å². The van der Waals surface area contributed by atoms with Gasteiger partial charge in [0.05, 0.1) is 26.1 Å². The molecule has 126 valence electrons. The summed E-state index contributed by atoms with van der Waals surface area (Å²) in [6.45, 7) is -1.09. The van der Waals surface area contributed by atoms with Crippen LogP contribution in [0.4, 0.5) is 0 Å². The second-order valence-electron chi connectivity index (χ2n) is 4.71. The van der Waals surface area contributed by atoms with Gasteiger partial charge in [0.2, 0.25) is 0 Å². The lowest BCUT2D eigenvalue weighted by molar-refractivity contribution is -0.142. The highest BCUT2D eigenvalue weighted by Gasteiger charge is 2.17. The molecule has 0 amide bonds. The monoisotopic (exact) mass is 320 g/mol. The van der Waals surface area contributed by atoms with Gasteiger partial charge in [0, 0.05) is 6.04 Å². The summed E-state index contributed by atoms with van der Waals surface area (Å²) in [5, 5.41) is 37.2. The van der Waals surface area contributed by atoms with Crippen LogP contribution in [0.15, 0.2) is 0 Å². The van der Waals surface area contributed by atoms with Gasteiger partial charge in [-0.1, -0.05) is 0 Å². The first-order valence-corrected chi connectivity index (χ1v) is 6.53. The Labute approximate surface area is 126 Å². The quantitative estimate of drug-likeness (QED) is 0.277. The molecule has 10 heteroatoms. The maximum absolute atomic E-state index is 10.7. The molecule has 0 spiro atoms. The standard InChI is InChI=1S/C12H20N2O8/c15-9(16)4-8(13-5-10(17)18)2-1-3-14(6-11(19)20)7-12(21)22/h8,13H,1-7H2,(H,15,16)(H,17,18)(H,19,20)(H,21,22). The van der Waals surface area contributed by atoms with E-state index in [2.05, 4.69) is 5.32 Å². The molecule has 5 N–H and O–H groups in total. The number of carboxylic acid groups (broad SMARTS) is 4. The molecule has 0 saturated heterocycles. The Balaban J connectivity index is 4.34. The minimum absolute atomic E-state index is 0.156. The molecule has 0 saturated carbocycles. The van der Waals surface area contributed by atoms with Crippen LogP contribution < -0.4 is 5.32 Å². The Morgan fingerprint density at radius 2 is 1.41 bits per heavy atom. The van der Waals surface area contributed by atoms with Crippen LogP contribution in [0.3, 0.4) is 0 Å². The van der Waals surface area contributed by atoms with Gasteiger partial charge < -0.3 is 25.7 Å². The summed E-state index contributed by atoms with van der Waals surface area (Å²) in [5.41, 5.74) is 0. The summed E-state index contributed by atoms with van der Waals surface area (Å²) < 4.78 is 0. The van der Waals surface area contributed by atoms with Gasteiger partial charge >= 0.3 is 23.9 Å². The average molecular weight is 320 g/mol. The number of aliphatic carboxylic acids is 4. The predicted octanol–water partition coefficient (Wildman–Crippen LogP) is -1.24. The van der Waals surface area contributed by atoms with Crippen LogP contribution in [-0.4, -0.2) is 81.4 Å². The van der Waals surface area contributed by atoms with E-state index in [0.717, 1.165) is 0 Å². The van der Waals surface area contributed by atoms with Crippen LogP contribution in [0, 0.1) is 0 Å². The van der Waals surface area contributed by atoms with E-state index >= 15 is 0 Å². The summed E-state index contributed by atoms with van der Waals surface area (Å²) in [5.74, 6) is -4.52. The van der Waals surface area contributed by atoms with E-state index in [1.807, 2.05) is 0 Å². The second-order valence-corrected chi connectivity index (χ2v) is 4.71. The molecule has 0 aliphatic heterocycles. The maximum Gasteiger partial charge on any atom is 0.317 e. The molecule has 22 heavy (non-hydrogen) atoms. The minimum Gasteiger partial charge on any atom is -0.481 e. The fourth-order valence-electron chi connectivity index (χ4n) is 1.88. The molecule has 0 radical (unpaired) electrons. The van der Waals surface area contributed by atoms with Gasteiger partial charge in [-0.05, 0) is 19.4 Å². The number of carboxylic acids is 4. The van der Waals surface area contributed by atoms with Crippen molar-refractivity contribution in [3.8, 4) is 0 Å². The smallest absolute Gasteiger partial charge is 0.317 e. The van der Waals surface area contributed by atoms with Gasteiger partial charge in [-0.25, -0.2) is 0 Å². The van der Waals surface area contributed by atoms with E-state index < -0.39 is 43.0 Å². The van der Waals surface area contributed by atoms with Crippen molar-refractivity contribution < 1.29 is 39.6 Å². The molecule has 0 bridgehead atoms. The average Bonchev–Trinajstić information content (AvgIpc) is 2.33. The molecular weight excluding hydrogens is 300 g/mol. The summed E-state index contributed by atoms with van der Waals surface area (Å²) >= 11 is 0. The Bertz CT molecular complexity index is 396. The van der Waals surface area contributed by atoms with E-state index in [1.54, 1.807) is 0 Å². The van der Waals surface area contributed by atoms with Crippen LogP contribution in [0.25, 0.3) is 0 Å². The first kappa shape index (κ1) is 19.8. The molecule has 10 nitrogen and oxygen atoms in total. The summed E-state index contributed by atoms with van der Waals surface area (Å²) in [4.78, 5) is 43.6. The van der Waals surface area contributed by atoms with Crippen molar-refractivity contribution >= 4 is 23.9 Å². The molecule has 0 fully saturated rings. The number of hydrogen-bond acceptors (Lipinski definition) is 6. The predicted molar refractivity (Wildman–Crippen MR) is 72.6 cm³/mol. The van der Waals surface area contributed by atoms with Gasteiger partial charge in [-0.15, -0.1) is 0 Å². The van der Waals surface area contributed by atoms with Gasteiger partial charge in [0.25, 0.3) is 0 Å². The number of rotatable bonds is 13. The Hall–Kier alpha value is -2.20. The third-order valence-electron chi connectivity index (χ3n) is 2.71. The zero-order valence-corrected chi connectivity index (χ0v) is 11.9. The lowest BCUT2D eigenvalue weighted by Gasteiger charge is -2.20. The van der Waals surface area contributed by atoms with E-state index in [9.17, 15) is 19.2 Å². The largest absolute Gasteiger partial charge is 0.481 e. The lowest BCUT2D eigenvalue weighted by Crippen LogP contribution is -2.38. The Morgan fingerprint density at radius 1 is 0.864 bits per heavy atom. The molecule has 0 aliphatic carbocycles. The third kappa shape index (κ3) is 11.6. The highest BCUT2D eigenvalue weighted by atomic mass is 16.4. The topological polar surface area (TPSA) is 164 Å². The van der Waals surface area contributed by atoms with E-state index in [4.69, 9.17) is 20.4 Å². The lowest BCUT2D eigenvalue weighted by atomic mass is 10.1. The van der Waals surface area contributed by atoms with Crippen molar-refractivity contribution in [3.63, 3.8) is 0 Å². The fraction of sp³-hybridized carbons (Fsp3) is 0.667. The van der Waals surface area contributed by atoms with E-state index in [1.165, 1.54) is 4.90 Å². The number of nitrogens with one attached hydrogen (secondary N) is 1. The number of hydrogen-bond donors (Lipinski definition) is 5. The molecule has 0 rings (SSSR count). The van der Waals surface area contributed by atoms with Crippen molar-refractivity contribution in [1.82, 2.24) is 10.2 Å². The van der Waals surface area contributed by atoms with Crippen molar-refractivity contribution in [2.45, 2.75) is 25.3 Å². The van der Waals surface area contributed by atoms with Crippen LogP contribution in [0.2, 0.25) is 0 Å².